The molecule has 0 spiro atoms. The van der Waals surface area contributed by atoms with E-state index in [0.717, 1.165) is 30.0 Å². The lowest BCUT2D eigenvalue weighted by Crippen LogP contribution is -2.14. The first kappa shape index (κ1) is 10.5. The number of rotatable bonds is 2. The molecule has 0 aromatic carbocycles. The molecule has 0 aliphatic carbocycles. The molecule has 17 heavy (non-hydrogen) atoms. The van der Waals surface area contributed by atoms with Crippen LogP contribution >= 0.6 is 0 Å². The number of aryl methyl sites for hydroxylation is 1. The number of nitrogens with zero attached hydrogens (tertiary/aromatic N) is 4. The zero-order chi connectivity index (χ0) is 11.8. The summed E-state index contributed by atoms with van der Waals surface area (Å²) < 4.78 is 7.10. The van der Waals surface area contributed by atoms with Crippen LogP contribution in [0.5, 0.6) is 0 Å². The van der Waals surface area contributed by atoms with Gasteiger partial charge in [-0.2, -0.15) is 10.1 Å². The van der Waals surface area contributed by atoms with Gasteiger partial charge in [0, 0.05) is 12.7 Å². The Morgan fingerprint density at radius 2 is 2.41 bits per heavy atom. The summed E-state index contributed by atoms with van der Waals surface area (Å²) in [5.41, 5.74) is 1.93. The fourth-order valence-electron chi connectivity index (χ4n) is 2.10. The molecule has 2 aromatic rings. The molecule has 0 bridgehead atoms. The molecule has 6 heteroatoms. The van der Waals surface area contributed by atoms with Crippen molar-refractivity contribution in [1.82, 2.24) is 25.2 Å². The third-order valence-corrected chi connectivity index (χ3v) is 3.28. The van der Waals surface area contributed by atoms with Crippen molar-refractivity contribution in [2.75, 3.05) is 6.54 Å². The Hall–Kier alpha value is -1.69. The molecular formula is C11H15N5O. The summed E-state index contributed by atoms with van der Waals surface area (Å²) in [6.45, 7) is 3.01. The molecule has 1 aliphatic rings. The van der Waals surface area contributed by atoms with E-state index in [1.165, 1.54) is 6.42 Å². The third-order valence-electron chi connectivity index (χ3n) is 3.28. The topological polar surface area (TPSA) is 68.8 Å². The Bertz CT molecular complexity index is 524. The second-order valence-corrected chi connectivity index (χ2v) is 4.37. The van der Waals surface area contributed by atoms with Crippen LogP contribution in [0.4, 0.5) is 0 Å². The first-order valence-corrected chi connectivity index (χ1v) is 5.81. The first-order chi connectivity index (χ1) is 8.25. The summed E-state index contributed by atoms with van der Waals surface area (Å²) in [6.07, 6.45) is 4.00. The van der Waals surface area contributed by atoms with Crippen molar-refractivity contribution in [3.05, 3.63) is 17.7 Å². The van der Waals surface area contributed by atoms with Crippen LogP contribution in [0.1, 0.15) is 30.4 Å². The minimum Gasteiger partial charge on any atom is -0.334 e. The predicted octanol–water partition coefficient (Wildman–Crippen LogP) is 1.20. The number of hydrogen-bond donors (Lipinski definition) is 1. The minimum atomic E-state index is 0.240. The van der Waals surface area contributed by atoms with Gasteiger partial charge in [-0.15, -0.1) is 0 Å². The van der Waals surface area contributed by atoms with Crippen molar-refractivity contribution in [2.24, 2.45) is 7.05 Å². The number of nitrogens with one attached hydrogen (secondary N) is 1. The average Bonchev–Trinajstić information content (AvgIpc) is 3.01. The van der Waals surface area contributed by atoms with Gasteiger partial charge in [0.15, 0.2) is 5.82 Å². The van der Waals surface area contributed by atoms with E-state index >= 15 is 0 Å². The molecule has 1 aliphatic heterocycles. The van der Waals surface area contributed by atoms with Crippen molar-refractivity contribution >= 4 is 0 Å². The van der Waals surface area contributed by atoms with E-state index < -0.39 is 0 Å². The normalized spacial score (nSPS) is 20.0. The van der Waals surface area contributed by atoms with Gasteiger partial charge in [-0.25, -0.2) is 0 Å². The monoisotopic (exact) mass is 233 g/mol. The molecule has 0 radical (unpaired) electrons. The fourth-order valence-corrected chi connectivity index (χ4v) is 2.10. The molecule has 6 nitrogen and oxygen atoms in total. The van der Waals surface area contributed by atoms with Crippen LogP contribution < -0.4 is 5.32 Å². The standard InChI is InChI=1S/C11H15N5O/c1-7-8(6-13-16(7)2)11-14-10(15-17-11)9-4-3-5-12-9/h6,9,12H,3-5H2,1-2H3. The highest BCUT2D eigenvalue weighted by atomic mass is 16.5. The van der Waals surface area contributed by atoms with Crippen LogP contribution in [-0.2, 0) is 7.05 Å². The third kappa shape index (κ3) is 1.74. The highest BCUT2D eigenvalue weighted by Gasteiger charge is 2.23. The van der Waals surface area contributed by atoms with Crippen LogP contribution in [0.3, 0.4) is 0 Å². The van der Waals surface area contributed by atoms with E-state index in [0.29, 0.717) is 5.89 Å². The number of hydrogen-bond acceptors (Lipinski definition) is 5. The van der Waals surface area contributed by atoms with Crippen LogP contribution in [-0.4, -0.2) is 26.5 Å². The Balaban J connectivity index is 1.91. The zero-order valence-corrected chi connectivity index (χ0v) is 9.97. The van der Waals surface area contributed by atoms with Crippen molar-refractivity contribution in [3.8, 4) is 11.5 Å². The van der Waals surface area contributed by atoms with Crippen molar-refractivity contribution < 1.29 is 4.52 Å². The molecule has 0 amide bonds. The van der Waals surface area contributed by atoms with Gasteiger partial charge in [-0.3, -0.25) is 4.68 Å². The van der Waals surface area contributed by atoms with Gasteiger partial charge in [0.25, 0.3) is 5.89 Å². The maximum Gasteiger partial charge on any atom is 0.261 e. The second-order valence-electron chi connectivity index (χ2n) is 4.37. The Morgan fingerprint density at radius 3 is 3.06 bits per heavy atom. The molecule has 0 saturated carbocycles. The van der Waals surface area contributed by atoms with Gasteiger partial charge in [0.2, 0.25) is 0 Å². The van der Waals surface area contributed by atoms with E-state index in [9.17, 15) is 0 Å². The van der Waals surface area contributed by atoms with E-state index in [4.69, 9.17) is 4.52 Å². The minimum absolute atomic E-state index is 0.240. The first-order valence-electron chi connectivity index (χ1n) is 5.81. The van der Waals surface area contributed by atoms with Gasteiger partial charge >= 0.3 is 0 Å². The van der Waals surface area contributed by atoms with E-state index in [1.807, 2.05) is 14.0 Å². The Morgan fingerprint density at radius 1 is 1.53 bits per heavy atom. The SMILES string of the molecule is Cc1c(-c2nc(C3CCCN3)no2)cnn1C. The van der Waals surface area contributed by atoms with Crippen molar-refractivity contribution in [1.29, 1.82) is 0 Å². The lowest BCUT2D eigenvalue weighted by Gasteiger charge is -2.01. The lowest BCUT2D eigenvalue weighted by atomic mass is 10.2. The van der Waals surface area contributed by atoms with E-state index in [2.05, 4.69) is 20.6 Å². The molecule has 90 valence electrons. The summed E-state index contributed by atoms with van der Waals surface area (Å²) in [4.78, 5) is 4.44. The molecule has 1 atom stereocenters. The maximum atomic E-state index is 5.30. The van der Waals surface area contributed by atoms with Gasteiger partial charge in [0.1, 0.15) is 0 Å². The Labute approximate surface area is 99.0 Å². The quantitative estimate of drug-likeness (QED) is 0.844. The average molecular weight is 233 g/mol. The van der Waals surface area contributed by atoms with Crippen LogP contribution in [0.15, 0.2) is 10.7 Å². The molecule has 3 heterocycles. The van der Waals surface area contributed by atoms with Gasteiger partial charge in [0.05, 0.1) is 17.8 Å². The second kappa shape index (κ2) is 3.96. The van der Waals surface area contributed by atoms with Crippen LogP contribution in [0.25, 0.3) is 11.5 Å². The molecule has 2 aromatic heterocycles. The number of aromatic nitrogens is 4. The molecule has 3 rings (SSSR count). The highest BCUT2D eigenvalue weighted by Crippen LogP contribution is 2.25. The van der Waals surface area contributed by atoms with Gasteiger partial charge < -0.3 is 9.84 Å². The molecule has 1 N–H and O–H groups in total. The fraction of sp³-hybridized carbons (Fsp3) is 0.545. The summed E-state index contributed by atoms with van der Waals surface area (Å²) in [5.74, 6) is 1.31. The summed E-state index contributed by atoms with van der Waals surface area (Å²) in [7, 11) is 1.90. The highest BCUT2D eigenvalue weighted by molar-refractivity contribution is 5.54. The smallest absolute Gasteiger partial charge is 0.261 e. The largest absolute Gasteiger partial charge is 0.334 e. The molecule has 1 fully saturated rings. The van der Waals surface area contributed by atoms with Crippen molar-refractivity contribution in [3.63, 3.8) is 0 Å². The van der Waals surface area contributed by atoms with E-state index in [-0.39, 0.29) is 6.04 Å². The van der Waals surface area contributed by atoms with Crippen LogP contribution in [0.2, 0.25) is 0 Å². The van der Waals surface area contributed by atoms with Crippen molar-refractivity contribution in [2.45, 2.75) is 25.8 Å². The zero-order valence-electron chi connectivity index (χ0n) is 9.97. The van der Waals surface area contributed by atoms with Crippen LogP contribution in [0, 0.1) is 6.92 Å². The van der Waals surface area contributed by atoms with Gasteiger partial charge in [-0.05, 0) is 26.3 Å². The molecule has 1 saturated heterocycles. The molecular weight excluding hydrogens is 218 g/mol. The van der Waals surface area contributed by atoms with Gasteiger partial charge in [-0.1, -0.05) is 5.16 Å². The lowest BCUT2D eigenvalue weighted by molar-refractivity contribution is 0.412. The van der Waals surface area contributed by atoms with E-state index in [1.54, 1.807) is 10.9 Å². The maximum absolute atomic E-state index is 5.30. The Kier molecular flexibility index (Phi) is 2.44. The summed E-state index contributed by atoms with van der Waals surface area (Å²) >= 11 is 0. The summed E-state index contributed by atoms with van der Waals surface area (Å²) in [6, 6.07) is 0.240. The summed E-state index contributed by atoms with van der Waals surface area (Å²) in [5, 5.41) is 11.6. The molecule has 1 unspecified atom stereocenters. The predicted molar refractivity (Wildman–Crippen MR) is 61.2 cm³/mol.